The molecule has 0 saturated heterocycles. The highest BCUT2D eigenvalue weighted by Crippen LogP contribution is 2.34. The summed E-state index contributed by atoms with van der Waals surface area (Å²) in [6, 6.07) is 9.78. The second-order valence-electron chi connectivity index (χ2n) is 5.26. The second-order valence-corrected chi connectivity index (χ2v) is 5.61. The van der Waals surface area contributed by atoms with E-state index in [1.165, 1.54) is 12.1 Å². The monoisotopic (exact) mass is 343 g/mol. The molecule has 2 heterocycles. The Bertz CT molecular complexity index is 840. The number of pyridine rings is 1. The number of hydrogen-bond acceptors (Lipinski definition) is 5. The smallest absolute Gasteiger partial charge is 0.222 e. The molecule has 1 aromatic carbocycles. The normalized spacial score (nSPS) is 12.0. The van der Waals surface area contributed by atoms with Crippen molar-refractivity contribution in [3.05, 3.63) is 65.3 Å². The van der Waals surface area contributed by atoms with E-state index in [9.17, 15) is 4.39 Å². The van der Waals surface area contributed by atoms with E-state index in [1.807, 2.05) is 13.0 Å². The van der Waals surface area contributed by atoms with E-state index in [0.717, 1.165) is 11.1 Å². The van der Waals surface area contributed by atoms with Crippen molar-refractivity contribution in [2.75, 3.05) is 11.1 Å². The van der Waals surface area contributed by atoms with Gasteiger partial charge in [-0.15, -0.1) is 0 Å². The fourth-order valence-corrected chi connectivity index (χ4v) is 2.57. The van der Waals surface area contributed by atoms with Crippen molar-refractivity contribution < 1.29 is 4.39 Å². The first kappa shape index (κ1) is 16.1. The number of nitrogens with zero attached hydrogens (tertiary/aromatic N) is 3. The summed E-state index contributed by atoms with van der Waals surface area (Å²) in [5.74, 6) is -0.199. The summed E-state index contributed by atoms with van der Waals surface area (Å²) in [5.41, 5.74) is 8.51. The Morgan fingerprint density at radius 2 is 1.92 bits per heavy atom. The van der Waals surface area contributed by atoms with Crippen molar-refractivity contribution >= 4 is 23.2 Å². The molecule has 5 nitrogen and oxygen atoms in total. The average Bonchev–Trinajstić information content (AvgIpc) is 2.58. The molecule has 1 atom stereocenters. The number of benzene rings is 1. The molecule has 2 aromatic heterocycles. The van der Waals surface area contributed by atoms with Crippen LogP contribution in [0.25, 0.3) is 11.3 Å². The van der Waals surface area contributed by atoms with Crippen molar-refractivity contribution in [1.29, 1.82) is 0 Å². The van der Waals surface area contributed by atoms with Crippen molar-refractivity contribution in [3.63, 3.8) is 0 Å². The molecule has 0 radical (unpaired) electrons. The predicted molar refractivity (Wildman–Crippen MR) is 93.1 cm³/mol. The topological polar surface area (TPSA) is 76.7 Å². The van der Waals surface area contributed by atoms with Crippen LogP contribution < -0.4 is 11.1 Å². The van der Waals surface area contributed by atoms with Gasteiger partial charge in [0.2, 0.25) is 5.95 Å². The summed E-state index contributed by atoms with van der Waals surface area (Å²) in [4.78, 5) is 12.4. The van der Waals surface area contributed by atoms with E-state index in [2.05, 4.69) is 20.3 Å². The number of hydrogen-bond donors (Lipinski definition) is 2. The quantitative estimate of drug-likeness (QED) is 0.698. The molecule has 7 heteroatoms. The van der Waals surface area contributed by atoms with Gasteiger partial charge >= 0.3 is 0 Å². The molecular formula is C17H15ClFN5. The van der Waals surface area contributed by atoms with Gasteiger partial charge in [0, 0.05) is 24.0 Å². The van der Waals surface area contributed by atoms with Gasteiger partial charge in [-0.25, -0.2) is 9.37 Å². The summed E-state index contributed by atoms with van der Waals surface area (Å²) < 4.78 is 13.1. The van der Waals surface area contributed by atoms with Crippen LogP contribution in [0, 0.1) is 5.82 Å². The Morgan fingerprint density at radius 1 is 1.17 bits per heavy atom. The molecule has 0 fully saturated rings. The molecular weight excluding hydrogens is 329 g/mol. The maximum Gasteiger partial charge on any atom is 0.222 e. The van der Waals surface area contributed by atoms with E-state index in [1.54, 1.807) is 30.6 Å². The minimum absolute atomic E-state index is 0.0823. The van der Waals surface area contributed by atoms with E-state index < -0.39 is 0 Å². The van der Waals surface area contributed by atoms with Gasteiger partial charge in [0.1, 0.15) is 11.5 Å². The Morgan fingerprint density at radius 3 is 2.58 bits per heavy atom. The lowest BCUT2D eigenvalue weighted by atomic mass is 10.1. The zero-order chi connectivity index (χ0) is 17.1. The molecule has 0 bridgehead atoms. The lowest BCUT2D eigenvalue weighted by molar-refractivity contribution is 0.626. The van der Waals surface area contributed by atoms with Crippen molar-refractivity contribution in [2.45, 2.75) is 13.0 Å². The number of aromatic nitrogens is 3. The number of anilines is 2. The Hall–Kier alpha value is -2.73. The highest BCUT2D eigenvalue weighted by Gasteiger charge is 2.17. The number of nitrogen functional groups attached to an aromatic ring is 1. The molecule has 3 N–H and O–H groups in total. The summed E-state index contributed by atoms with van der Waals surface area (Å²) in [5, 5.41) is 3.50. The van der Waals surface area contributed by atoms with Gasteiger partial charge in [-0.1, -0.05) is 23.7 Å². The molecule has 0 aliphatic rings. The summed E-state index contributed by atoms with van der Waals surface area (Å²) in [6.07, 6.45) is 3.34. The highest BCUT2D eigenvalue weighted by atomic mass is 35.5. The van der Waals surface area contributed by atoms with Crippen LogP contribution in [0.2, 0.25) is 5.15 Å². The zero-order valence-corrected chi connectivity index (χ0v) is 13.6. The van der Waals surface area contributed by atoms with Crippen LogP contribution in [0.3, 0.4) is 0 Å². The largest absolute Gasteiger partial charge is 0.374 e. The molecule has 0 saturated carbocycles. The maximum atomic E-state index is 13.1. The van der Waals surface area contributed by atoms with E-state index in [-0.39, 0.29) is 23.0 Å². The Kier molecular flexibility index (Phi) is 4.57. The van der Waals surface area contributed by atoms with Gasteiger partial charge in [-0.2, -0.15) is 4.98 Å². The van der Waals surface area contributed by atoms with Crippen LogP contribution in [0.4, 0.5) is 16.0 Å². The fourth-order valence-electron chi connectivity index (χ4n) is 2.34. The second kappa shape index (κ2) is 6.80. The van der Waals surface area contributed by atoms with E-state index >= 15 is 0 Å². The highest BCUT2D eigenvalue weighted by molar-refractivity contribution is 6.32. The number of rotatable bonds is 4. The molecule has 0 aliphatic carbocycles. The minimum Gasteiger partial charge on any atom is -0.374 e. The molecule has 3 aromatic rings. The Balaban J connectivity index is 1.99. The van der Waals surface area contributed by atoms with Crippen LogP contribution in [0.1, 0.15) is 18.5 Å². The van der Waals surface area contributed by atoms with E-state index in [4.69, 9.17) is 17.3 Å². The van der Waals surface area contributed by atoms with Gasteiger partial charge in [-0.3, -0.25) is 4.98 Å². The standard InChI is InChI=1S/C17H15ClFN5/c1-10(11-4-6-13(19)7-5-11)22-15-14(12-3-2-8-21-9-12)23-17(20)24-16(15)18/h2-10,22H,1H3,(H2,20,23,24). The molecule has 24 heavy (non-hydrogen) atoms. The first-order valence-electron chi connectivity index (χ1n) is 7.30. The van der Waals surface area contributed by atoms with Crippen molar-refractivity contribution in [3.8, 4) is 11.3 Å². The number of halogens is 2. The zero-order valence-electron chi connectivity index (χ0n) is 12.9. The van der Waals surface area contributed by atoms with Crippen molar-refractivity contribution in [1.82, 2.24) is 15.0 Å². The molecule has 3 rings (SSSR count). The van der Waals surface area contributed by atoms with E-state index in [0.29, 0.717) is 11.4 Å². The summed E-state index contributed by atoms with van der Waals surface area (Å²) in [7, 11) is 0. The Labute approximate surface area is 143 Å². The number of nitrogens with two attached hydrogens (primary N) is 1. The predicted octanol–water partition coefficient (Wildman–Crippen LogP) is 4.09. The molecule has 122 valence electrons. The van der Waals surface area contributed by atoms with Gasteiger partial charge in [0.25, 0.3) is 0 Å². The van der Waals surface area contributed by atoms with Gasteiger partial charge < -0.3 is 11.1 Å². The third-order valence-corrected chi connectivity index (χ3v) is 3.82. The SMILES string of the molecule is CC(Nc1c(Cl)nc(N)nc1-c1cccnc1)c1ccc(F)cc1. The summed E-state index contributed by atoms with van der Waals surface area (Å²) >= 11 is 6.27. The molecule has 0 aliphatic heterocycles. The van der Waals surface area contributed by atoms with Gasteiger partial charge in [-0.05, 0) is 36.8 Å². The van der Waals surface area contributed by atoms with Crippen LogP contribution >= 0.6 is 11.6 Å². The number of nitrogens with one attached hydrogen (secondary N) is 1. The van der Waals surface area contributed by atoms with Crippen LogP contribution in [0.5, 0.6) is 0 Å². The first-order valence-corrected chi connectivity index (χ1v) is 7.68. The summed E-state index contributed by atoms with van der Waals surface area (Å²) in [6.45, 7) is 1.94. The minimum atomic E-state index is -0.282. The molecule has 0 spiro atoms. The van der Waals surface area contributed by atoms with Gasteiger partial charge in [0.05, 0.1) is 5.69 Å². The molecule has 1 unspecified atom stereocenters. The van der Waals surface area contributed by atoms with Crippen LogP contribution in [0.15, 0.2) is 48.8 Å². The third kappa shape index (κ3) is 3.44. The maximum absolute atomic E-state index is 13.1. The average molecular weight is 344 g/mol. The van der Waals surface area contributed by atoms with Crippen molar-refractivity contribution in [2.24, 2.45) is 0 Å². The lowest BCUT2D eigenvalue weighted by Gasteiger charge is -2.19. The first-order chi connectivity index (χ1) is 11.5. The van der Waals surface area contributed by atoms with Gasteiger partial charge in [0.15, 0.2) is 5.15 Å². The fraction of sp³-hybridized carbons (Fsp3) is 0.118. The molecule has 0 amide bonds. The van der Waals surface area contributed by atoms with Crippen LogP contribution in [-0.4, -0.2) is 15.0 Å². The third-order valence-electron chi connectivity index (χ3n) is 3.55. The van der Waals surface area contributed by atoms with Crippen LogP contribution in [-0.2, 0) is 0 Å². The lowest BCUT2D eigenvalue weighted by Crippen LogP contribution is -2.11.